The SMILES string of the molecule is COc1cc(OC)c(F)c(-c2ccc(F)c3c2CC[C@H]3Nc2cnc([C@H]3C[C@@H]3C(=O)O)cn2)c1F. The van der Waals surface area contributed by atoms with Gasteiger partial charge in [0, 0.05) is 17.5 Å². The first-order chi connectivity index (χ1) is 16.8. The van der Waals surface area contributed by atoms with E-state index in [-0.39, 0.29) is 28.5 Å². The number of hydrogen-bond donors (Lipinski definition) is 2. The van der Waals surface area contributed by atoms with Crippen LogP contribution in [0.2, 0.25) is 0 Å². The van der Waals surface area contributed by atoms with Crippen LogP contribution in [0, 0.1) is 23.4 Å². The molecule has 3 atom stereocenters. The van der Waals surface area contributed by atoms with Crippen LogP contribution in [-0.4, -0.2) is 35.3 Å². The number of carbonyl (C=O) groups is 1. The van der Waals surface area contributed by atoms with Crippen molar-refractivity contribution < 1.29 is 32.5 Å². The average molecular weight is 485 g/mol. The molecule has 0 unspecified atom stereocenters. The Morgan fingerprint density at radius 1 is 1.09 bits per heavy atom. The van der Waals surface area contributed by atoms with E-state index in [0.717, 1.165) is 6.07 Å². The zero-order chi connectivity index (χ0) is 24.9. The number of methoxy groups -OCH3 is 2. The largest absolute Gasteiger partial charge is 0.494 e. The molecule has 1 aromatic heterocycles. The minimum Gasteiger partial charge on any atom is -0.494 e. The van der Waals surface area contributed by atoms with Crippen molar-refractivity contribution in [1.29, 1.82) is 0 Å². The molecule has 3 aromatic rings. The van der Waals surface area contributed by atoms with Gasteiger partial charge in [-0.1, -0.05) is 6.07 Å². The Morgan fingerprint density at radius 2 is 1.80 bits per heavy atom. The van der Waals surface area contributed by atoms with Gasteiger partial charge in [0.1, 0.15) is 11.6 Å². The second-order valence-electron chi connectivity index (χ2n) is 8.62. The molecular weight excluding hydrogens is 463 g/mol. The summed E-state index contributed by atoms with van der Waals surface area (Å²) < 4.78 is 55.3. The number of fused-ring (bicyclic) bond motifs is 1. The Morgan fingerprint density at radius 3 is 2.37 bits per heavy atom. The smallest absolute Gasteiger partial charge is 0.307 e. The summed E-state index contributed by atoms with van der Waals surface area (Å²) in [5.74, 6) is -3.69. The maximum atomic E-state index is 15.1. The van der Waals surface area contributed by atoms with Gasteiger partial charge >= 0.3 is 5.97 Å². The van der Waals surface area contributed by atoms with Gasteiger partial charge in [-0.3, -0.25) is 9.78 Å². The van der Waals surface area contributed by atoms with Gasteiger partial charge in [0.15, 0.2) is 23.1 Å². The molecule has 0 spiro atoms. The highest BCUT2D eigenvalue weighted by Gasteiger charge is 2.45. The van der Waals surface area contributed by atoms with Crippen molar-refractivity contribution in [3.63, 3.8) is 0 Å². The molecule has 5 rings (SSSR count). The lowest BCUT2D eigenvalue weighted by Gasteiger charge is -2.18. The number of hydrogen-bond acceptors (Lipinski definition) is 6. The molecule has 2 aliphatic carbocycles. The predicted molar refractivity (Wildman–Crippen MR) is 120 cm³/mol. The number of anilines is 1. The fourth-order valence-corrected chi connectivity index (χ4v) is 4.79. The van der Waals surface area contributed by atoms with Crippen molar-refractivity contribution in [2.75, 3.05) is 19.5 Å². The van der Waals surface area contributed by atoms with E-state index in [0.29, 0.717) is 41.9 Å². The minimum atomic E-state index is -0.891. The lowest BCUT2D eigenvalue weighted by atomic mass is 9.94. The number of nitrogens with one attached hydrogen (secondary N) is 1. The van der Waals surface area contributed by atoms with Gasteiger partial charge in [0.25, 0.3) is 0 Å². The topological polar surface area (TPSA) is 93.6 Å². The van der Waals surface area contributed by atoms with Crippen LogP contribution in [-0.2, 0) is 11.2 Å². The molecule has 182 valence electrons. The molecule has 0 bridgehead atoms. The number of ether oxygens (including phenoxy) is 2. The third-order valence-corrected chi connectivity index (χ3v) is 6.66. The van der Waals surface area contributed by atoms with Gasteiger partial charge in [-0.15, -0.1) is 0 Å². The number of aromatic nitrogens is 2. The van der Waals surface area contributed by atoms with Crippen LogP contribution in [0.15, 0.2) is 30.6 Å². The van der Waals surface area contributed by atoms with Gasteiger partial charge in [-0.25, -0.2) is 18.2 Å². The molecule has 35 heavy (non-hydrogen) atoms. The van der Waals surface area contributed by atoms with E-state index >= 15 is 8.78 Å². The monoisotopic (exact) mass is 485 g/mol. The third-order valence-electron chi connectivity index (χ3n) is 6.66. The van der Waals surface area contributed by atoms with E-state index in [2.05, 4.69) is 15.3 Å². The van der Waals surface area contributed by atoms with E-state index < -0.39 is 35.4 Å². The summed E-state index contributed by atoms with van der Waals surface area (Å²) in [5.41, 5.74) is 1.29. The van der Waals surface area contributed by atoms with E-state index in [1.54, 1.807) is 0 Å². The summed E-state index contributed by atoms with van der Waals surface area (Å²) >= 11 is 0. The average Bonchev–Trinajstić information content (AvgIpc) is 3.55. The van der Waals surface area contributed by atoms with Crippen molar-refractivity contribution in [3.8, 4) is 22.6 Å². The number of benzene rings is 2. The van der Waals surface area contributed by atoms with Crippen LogP contribution >= 0.6 is 0 Å². The molecule has 1 saturated carbocycles. The molecule has 1 fully saturated rings. The van der Waals surface area contributed by atoms with Crippen LogP contribution in [0.1, 0.15) is 41.6 Å². The number of carboxylic acids is 1. The van der Waals surface area contributed by atoms with Gasteiger partial charge in [-0.05, 0) is 36.5 Å². The molecule has 0 amide bonds. The molecular formula is C25H22F3N3O4. The molecule has 10 heteroatoms. The van der Waals surface area contributed by atoms with E-state index in [1.165, 1.54) is 38.7 Å². The number of nitrogens with zero attached hydrogens (tertiary/aromatic N) is 2. The van der Waals surface area contributed by atoms with Crippen molar-refractivity contribution in [2.45, 2.75) is 31.2 Å². The highest BCUT2D eigenvalue weighted by atomic mass is 19.1. The van der Waals surface area contributed by atoms with Crippen LogP contribution in [0.4, 0.5) is 19.0 Å². The number of carboxylic acid groups (broad SMARTS) is 1. The van der Waals surface area contributed by atoms with Gasteiger partial charge < -0.3 is 19.9 Å². The number of halogens is 3. The predicted octanol–water partition coefficient (Wildman–Crippen LogP) is 4.87. The molecule has 2 aliphatic rings. The molecule has 2 N–H and O–H groups in total. The lowest BCUT2D eigenvalue weighted by molar-refractivity contribution is -0.138. The summed E-state index contributed by atoms with van der Waals surface area (Å²) in [6, 6.07) is 3.19. The van der Waals surface area contributed by atoms with Gasteiger partial charge in [0.05, 0.1) is 49.8 Å². The summed E-state index contributed by atoms with van der Waals surface area (Å²) in [7, 11) is 2.54. The van der Waals surface area contributed by atoms with Crippen LogP contribution in [0.25, 0.3) is 11.1 Å². The van der Waals surface area contributed by atoms with Gasteiger partial charge in [0.2, 0.25) is 0 Å². The summed E-state index contributed by atoms with van der Waals surface area (Å²) in [6.07, 6.45) is 4.39. The first kappa shape index (κ1) is 22.9. The Hall–Kier alpha value is -3.82. The molecule has 1 heterocycles. The Balaban J connectivity index is 1.47. The normalized spacial score (nSPS) is 20.3. The standard InChI is InChI=1S/C25H22F3N3O4/c1-34-18-8-19(35-2)24(28)22(23(18)27)12-3-5-15(26)21-11(12)4-6-16(21)31-20-10-29-17(9-30-20)13-7-14(13)25(32)33/h3,5,8-10,13-14,16H,4,6-7H2,1-2H3,(H,30,31)(H,32,33)/t13-,14-,16+/m0/s1. The van der Waals surface area contributed by atoms with Gasteiger partial charge in [-0.2, -0.15) is 0 Å². The maximum Gasteiger partial charge on any atom is 0.307 e. The molecule has 2 aromatic carbocycles. The molecule has 7 nitrogen and oxygen atoms in total. The second kappa shape index (κ2) is 8.75. The zero-order valence-electron chi connectivity index (χ0n) is 18.9. The highest BCUT2D eigenvalue weighted by molar-refractivity contribution is 5.75. The Kier molecular flexibility index (Phi) is 5.74. The van der Waals surface area contributed by atoms with E-state index in [9.17, 15) is 9.18 Å². The second-order valence-corrected chi connectivity index (χ2v) is 8.62. The van der Waals surface area contributed by atoms with E-state index in [1.807, 2.05) is 0 Å². The summed E-state index contributed by atoms with van der Waals surface area (Å²) in [4.78, 5) is 19.7. The Labute approximate surface area is 198 Å². The first-order valence-electron chi connectivity index (χ1n) is 11.1. The quantitative estimate of drug-likeness (QED) is 0.493. The molecule has 0 radical (unpaired) electrons. The maximum absolute atomic E-state index is 15.1. The highest BCUT2D eigenvalue weighted by Crippen LogP contribution is 2.47. The Bertz CT molecular complexity index is 1290. The number of aliphatic carboxylic acids is 1. The fourth-order valence-electron chi connectivity index (χ4n) is 4.79. The molecule has 0 aliphatic heterocycles. The zero-order valence-corrected chi connectivity index (χ0v) is 18.9. The summed E-state index contributed by atoms with van der Waals surface area (Å²) in [5, 5.41) is 12.2. The van der Waals surface area contributed by atoms with Crippen LogP contribution < -0.4 is 14.8 Å². The molecule has 0 saturated heterocycles. The summed E-state index contributed by atoms with van der Waals surface area (Å²) in [6.45, 7) is 0. The van der Waals surface area contributed by atoms with Crippen LogP contribution in [0.5, 0.6) is 11.5 Å². The van der Waals surface area contributed by atoms with Crippen molar-refractivity contribution >= 4 is 11.8 Å². The van der Waals surface area contributed by atoms with Crippen molar-refractivity contribution in [2.24, 2.45) is 5.92 Å². The third kappa shape index (κ3) is 3.92. The van der Waals surface area contributed by atoms with E-state index in [4.69, 9.17) is 14.6 Å². The fraction of sp³-hybridized carbons (Fsp3) is 0.320. The number of rotatable bonds is 7. The van der Waals surface area contributed by atoms with Crippen molar-refractivity contribution in [3.05, 3.63) is 64.9 Å². The lowest BCUT2D eigenvalue weighted by Crippen LogP contribution is -2.11. The van der Waals surface area contributed by atoms with Crippen LogP contribution in [0.3, 0.4) is 0 Å². The van der Waals surface area contributed by atoms with Crippen molar-refractivity contribution in [1.82, 2.24) is 9.97 Å². The minimum absolute atomic E-state index is 0.147. The first-order valence-corrected chi connectivity index (χ1v) is 11.1.